The Morgan fingerprint density at radius 2 is 0.822 bits per heavy atom. The molecule has 73 heavy (non-hydrogen) atoms. The first kappa shape index (κ1) is 40.9. The molecule has 0 fully saturated rings. The lowest BCUT2D eigenvalue weighted by Crippen LogP contribution is -2.07. The van der Waals surface area contributed by atoms with Crippen LogP contribution in [0.1, 0.15) is 0 Å². The zero-order chi connectivity index (χ0) is 48.0. The molecule has 11 aromatic carbocycles. The summed E-state index contributed by atoms with van der Waals surface area (Å²) in [7, 11) is 0. The average molecular weight is 932 g/mol. The van der Waals surface area contributed by atoms with Gasteiger partial charge in [-0.3, -0.25) is 4.57 Å². The summed E-state index contributed by atoms with van der Waals surface area (Å²) in [6, 6.07) is 88.2. The van der Waals surface area contributed by atoms with Crippen molar-refractivity contribution in [3.8, 4) is 67.8 Å². The summed E-state index contributed by atoms with van der Waals surface area (Å²) in [6.07, 6.45) is 0. The predicted molar refractivity (Wildman–Crippen MR) is 300 cm³/mol. The van der Waals surface area contributed by atoms with Gasteiger partial charge in [-0.15, -0.1) is 0 Å². The molecule has 4 aromatic heterocycles. The fourth-order valence-electron chi connectivity index (χ4n) is 11.2. The minimum atomic E-state index is 0.527. The minimum absolute atomic E-state index is 0.527. The largest absolute Gasteiger partial charge is 0.455 e. The molecule has 0 aliphatic heterocycles. The van der Waals surface area contributed by atoms with Crippen LogP contribution in [0.2, 0.25) is 0 Å². The number of para-hydroxylation sites is 3. The van der Waals surface area contributed by atoms with Crippen LogP contribution in [0.4, 0.5) is 0 Å². The van der Waals surface area contributed by atoms with Crippen LogP contribution >= 0.6 is 0 Å². The van der Waals surface area contributed by atoms with Gasteiger partial charge >= 0.3 is 0 Å². The summed E-state index contributed by atoms with van der Waals surface area (Å²) in [6.45, 7) is 0. The van der Waals surface area contributed by atoms with E-state index >= 15 is 0 Å². The Morgan fingerprint density at radius 1 is 0.301 bits per heavy atom. The van der Waals surface area contributed by atoms with Crippen LogP contribution in [0.3, 0.4) is 0 Å². The molecule has 340 valence electrons. The summed E-state index contributed by atoms with van der Waals surface area (Å²) >= 11 is 0. The SMILES string of the molecule is c1ccc(-c2cc(-c3ccccc3)cc(-c3nc(-c4ccccc4)nc(-n4c5ccccc5c5ccc6c7ccccc7n(-c7cc(-c8ccc9ccccc9c8)c8oc9ccccc9c8c7)c6c54)n3)c2)cc1. The second-order valence-corrected chi connectivity index (χ2v) is 18.8. The molecule has 6 heteroatoms. The molecular weight excluding hydrogens is 891 g/mol. The maximum absolute atomic E-state index is 6.81. The maximum atomic E-state index is 6.81. The topological polar surface area (TPSA) is 61.7 Å². The molecule has 0 saturated heterocycles. The lowest BCUT2D eigenvalue weighted by molar-refractivity contribution is 0.670. The third-order valence-corrected chi connectivity index (χ3v) is 14.5. The highest BCUT2D eigenvalue weighted by molar-refractivity contribution is 6.24. The lowest BCUT2D eigenvalue weighted by Gasteiger charge is -2.15. The normalized spacial score (nSPS) is 11.8. The van der Waals surface area contributed by atoms with Gasteiger partial charge in [0.1, 0.15) is 11.2 Å². The van der Waals surface area contributed by atoms with E-state index in [1.807, 2.05) is 24.3 Å². The Bertz CT molecular complexity index is 4610. The van der Waals surface area contributed by atoms with Crippen molar-refractivity contribution >= 4 is 76.3 Å². The highest BCUT2D eigenvalue weighted by Gasteiger charge is 2.25. The van der Waals surface area contributed by atoms with Crippen LogP contribution in [0, 0.1) is 0 Å². The van der Waals surface area contributed by atoms with Gasteiger partial charge in [0.25, 0.3) is 0 Å². The number of hydrogen-bond donors (Lipinski definition) is 0. The Hall–Kier alpha value is -9.91. The van der Waals surface area contributed by atoms with Crippen molar-refractivity contribution in [1.29, 1.82) is 0 Å². The van der Waals surface area contributed by atoms with E-state index in [1.165, 1.54) is 10.8 Å². The van der Waals surface area contributed by atoms with E-state index in [9.17, 15) is 0 Å². The molecule has 6 nitrogen and oxygen atoms in total. The summed E-state index contributed by atoms with van der Waals surface area (Å²) in [4.78, 5) is 16.4. The van der Waals surface area contributed by atoms with Crippen LogP contribution in [-0.2, 0) is 0 Å². The van der Waals surface area contributed by atoms with Gasteiger partial charge in [0.05, 0.1) is 22.1 Å². The lowest BCUT2D eigenvalue weighted by atomic mass is 9.96. The van der Waals surface area contributed by atoms with Crippen LogP contribution in [0.15, 0.2) is 253 Å². The van der Waals surface area contributed by atoms with Crippen LogP contribution in [0.25, 0.3) is 144 Å². The predicted octanol–water partition coefficient (Wildman–Crippen LogP) is 17.5. The van der Waals surface area contributed by atoms with E-state index < -0.39 is 0 Å². The van der Waals surface area contributed by atoms with Gasteiger partial charge in [-0.1, -0.05) is 194 Å². The molecule has 0 unspecified atom stereocenters. The van der Waals surface area contributed by atoms with Crippen LogP contribution in [0.5, 0.6) is 0 Å². The van der Waals surface area contributed by atoms with Gasteiger partial charge in [-0.25, -0.2) is 4.98 Å². The standard InChI is InChI=1S/C67H41N5O/c1-4-18-42(19-5-1)48-37-49(43-20-6-2-7-21-43)39-50(38-48)66-68-65(45-23-8-3-9-24-45)69-67(70-66)72-60-30-16-13-27-53(60)56-35-34-55-52-26-12-15-29-59(52)71(62(55)63(56)72)51-40-57(47-33-32-44-22-10-11-25-46(44)36-47)64-58(41-51)54-28-14-17-31-61(54)73-64/h1-41H. The summed E-state index contributed by atoms with van der Waals surface area (Å²) in [5.74, 6) is 1.69. The molecule has 0 aliphatic carbocycles. The smallest absolute Gasteiger partial charge is 0.238 e. The van der Waals surface area contributed by atoms with Gasteiger partial charge in [0, 0.05) is 54.7 Å². The molecule has 15 rings (SSSR count). The van der Waals surface area contributed by atoms with Gasteiger partial charge in [-0.05, 0) is 93.2 Å². The number of hydrogen-bond acceptors (Lipinski definition) is 4. The van der Waals surface area contributed by atoms with E-state index in [1.54, 1.807) is 0 Å². The summed E-state index contributed by atoms with van der Waals surface area (Å²) in [5, 5.41) is 8.95. The first-order chi connectivity index (χ1) is 36.2. The number of fused-ring (bicyclic) bond motifs is 11. The molecule has 0 N–H and O–H groups in total. The second kappa shape index (κ2) is 16.3. The fraction of sp³-hybridized carbons (Fsp3) is 0. The molecule has 0 amide bonds. The van der Waals surface area contributed by atoms with Crippen molar-refractivity contribution in [3.05, 3.63) is 249 Å². The van der Waals surface area contributed by atoms with E-state index in [2.05, 4.69) is 234 Å². The Kier molecular flexibility index (Phi) is 9.16. The first-order valence-corrected chi connectivity index (χ1v) is 24.7. The van der Waals surface area contributed by atoms with E-state index in [0.29, 0.717) is 17.6 Å². The molecule has 0 aliphatic rings. The number of aromatic nitrogens is 5. The summed E-state index contributed by atoms with van der Waals surface area (Å²) < 4.78 is 11.5. The van der Waals surface area contributed by atoms with E-state index in [0.717, 1.165) is 116 Å². The molecule has 0 radical (unpaired) electrons. The molecule has 15 aromatic rings. The summed E-state index contributed by atoms with van der Waals surface area (Å²) in [5.41, 5.74) is 15.1. The molecule has 0 spiro atoms. The number of furan rings is 1. The molecule has 0 bridgehead atoms. The van der Waals surface area contributed by atoms with Crippen molar-refractivity contribution in [2.24, 2.45) is 0 Å². The van der Waals surface area contributed by atoms with Crippen molar-refractivity contribution < 1.29 is 4.42 Å². The third-order valence-electron chi connectivity index (χ3n) is 14.5. The average Bonchev–Trinajstić information content (AvgIpc) is 4.13. The van der Waals surface area contributed by atoms with Crippen molar-refractivity contribution in [2.45, 2.75) is 0 Å². The van der Waals surface area contributed by atoms with Crippen molar-refractivity contribution in [1.82, 2.24) is 24.1 Å². The van der Waals surface area contributed by atoms with Crippen LogP contribution in [-0.4, -0.2) is 24.1 Å². The first-order valence-electron chi connectivity index (χ1n) is 24.7. The van der Waals surface area contributed by atoms with Crippen molar-refractivity contribution in [3.63, 3.8) is 0 Å². The van der Waals surface area contributed by atoms with E-state index in [-0.39, 0.29) is 0 Å². The zero-order valence-corrected chi connectivity index (χ0v) is 39.3. The Balaban J connectivity index is 1.05. The Labute approximate surface area is 419 Å². The highest BCUT2D eigenvalue weighted by Crippen LogP contribution is 2.45. The van der Waals surface area contributed by atoms with Gasteiger partial charge < -0.3 is 8.98 Å². The number of rotatable bonds is 7. The van der Waals surface area contributed by atoms with Gasteiger partial charge in [0.15, 0.2) is 11.6 Å². The molecule has 4 heterocycles. The van der Waals surface area contributed by atoms with Gasteiger partial charge in [0.2, 0.25) is 5.95 Å². The fourth-order valence-corrected chi connectivity index (χ4v) is 11.2. The monoisotopic (exact) mass is 931 g/mol. The molecule has 0 saturated carbocycles. The molecular formula is C67H41N5O. The zero-order valence-electron chi connectivity index (χ0n) is 39.3. The van der Waals surface area contributed by atoms with Gasteiger partial charge in [-0.2, -0.15) is 9.97 Å². The minimum Gasteiger partial charge on any atom is -0.455 e. The second-order valence-electron chi connectivity index (χ2n) is 18.8. The number of benzene rings is 11. The van der Waals surface area contributed by atoms with Crippen LogP contribution < -0.4 is 0 Å². The highest BCUT2D eigenvalue weighted by atomic mass is 16.3. The van der Waals surface area contributed by atoms with Crippen molar-refractivity contribution in [2.75, 3.05) is 0 Å². The quantitative estimate of drug-likeness (QED) is 0.160. The number of nitrogens with zero attached hydrogens (tertiary/aromatic N) is 5. The maximum Gasteiger partial charge on any atom is 0.238 e. The molecule has 0 atom stereocenters. The third kappa shape index (κ3) is 6.62. The van der Waals surface area contributed by atoms with E-state index in [4.69, 9.17) is 19.4 Å². The Morgan fingerprint density at radius 3 is 1.49 bits per heavy atom.